The molecule has 1 fully saturated rings. The molecule has 1 saturated heterocycles. The number of aliphatic carboxylic acids is 1. The van der Waals surface area contributed by atoms with Crippen molar-refractivity contribution >= 4 is 36.2 Å². The number of carboxylic acid groups (broad SMARTS) is 1. The molecule has 0 aromatic carbocycles. The lowest BCUT2D eigenvalue weighted by molar-refractivity contribution is -0.194. The van der Waals surface area contributed by atoms with Crippen LogP contribution in [0.3, 0.4) is 0 Å². The maximum absolute atomic E-state index is 11.8. The SMILES string of the molecule is Cl.NNC1(C(=O)O)C=CC(C(=O)ON2C(=O)CCC2=O)=CC1. The highest BCUT2D eigenvalue weighted by molar-refractivity contribution is 6.03. The van der Waals surface area contributed by atoms with Gasteiger partial charge in [-0.1, -0.05) is 12.2 Å². The summed E-state index contributed by atoms with van der Waals surface area (Å²) in [4.78, 5) is 50.3. The molecule has 2 rings (SSSR count). The summed E-state index contributed by atoms with van der Waals surface area (Å²) in [6.07, 6.45) is 3.65. The summed E-state index contributed by atoms with van der Waals surface area (Å²) in [5, 5.41) is 9.50. The predicted octanol–water partition coefficient (Wildman–Crippen LogP) is -0.812. The number of nitrogens with one attached hydrogen (secondary N) is 1. The van der Waals surface area contributed by atoms with Crippen molar-refractivity contribution in [1.82, 2.24) is 10.5 Å². The van der Waals surface area contributed by atoms with E-state index in [4.69, 9.17) is 15.8 Å². The molecule has 0 aromatic rings. The third kappa shape index (κ3) is 3.16. The first kappa shape index (κ1) is 17.8. The van der Waals surface area contributed by atoms with Crippen molar-refractivity contribution in [2.45, 2.75) is 24.8 Å². The van der Waals surface area contributed by atoms with E-state index < -0.39 is 29.3 Å². The molecule has 1 heterocycles. The van der Waals surface area contributed by atoms with Gasteiger partial charge in [-0.2, -0.15) is 0 Å². The Hall–Kier alpha value is -2.23. The number of hydrazine groups is 1. The van der Waals surface area contributed by atoms with E-state index in [0.29, 0.717) is 5.06 Å². The molecule has 9 nitrogen and oxygen atoms in total. The second-order valence-corrected chi connectivity index (χ2v) is 4.58. The molecule has 1 aliphatic heterocycles. The molecule has 1 unspecified atom stereocenters. The highest BCUT2D eigenvalue weighted by Crippen LogP contribution is 2.22. The number of nitrogens with two attached hydrogens (primary N) is 1. The minimum absolute atomic E-state index is 0. The molecule has 120 valence electrons. The summed E-state index contributed by atoms with van der Waals surface area (Å²) in [6.45, 7) is 0. The van der Waals surface area contributed by atoms with Gasteiger partial charge in [-0.3, -0.25) is 15.4 Å². The lowest BCUT2D eigenvalue weighted by Crippen LogP contribution is -2.54. The van der Waals surface area contributed by atoms with Crippen LogP contribution in [-0.4, -0.2) is 39.5 Å². The fourth-order valence-corrected chi connectivity index (χ4v) is 1.91. The Morgan fingerprint density at radius 2 is 1.91 bits per heavy atom. The summed E-state index contributed by atoms with van der Waals surface area (Å²) in [5.74, 6) is 1.92. The van der Waals surface area contributed by atoms with Gasteiger partial charge >= 0.3 is 11.9 Å². The molecular weight excluding hydrogens is 318 g/mol. The monoisotopic (exact) mass is 331 g/mol. The van der Waals surface area contributed by atoms with E-state index >= 15 is 0 Å². The Kier molecular flexibility index (Phi) is 5.42. The zero-order valence-corrected chi connectivity index (χ0v) is 12.1. The maximum atomic E-state index is 11.8. The Morgan fingerprint density at radius 1 is 1.32 bits per heavy atom. The van der Waals surface area contributed by atoms with Crippen molar-refractivity contribution in [3.8, 4) is 0 Å². The third-order valence-electron chi connectivity index (χ3n) is 3.25. The molecule has 2 amide bonds. The van der Waals surface area contributed by atoms with Crippen LogP contribution in [0.2, 0.25) is 0 Å². The van der Waals surface area contributed by atoms with Gasteiger partial charge in [0.05, 0.1) is 5.57 Å². The molecular formula is C12H14ClN3O6. The van der Waals surface area contributed by atoms with Crippen LogP contribution < -0.4 is 11.3 Å². The minimum atomic E-state index is -1.50. The van der Waals surface area contributed by atoms with Crippen LogP contribution >= 0.6 is 12.4 Å². The van der Waals surface area contributed by atoms with Crippen molar-refractivity contribution in [1.29, 1.82) is 0 Å². The number of imide groups is 1. The Bertz CT molecular complexity index is 571. The Balaban J connectivity index is 0.00000242. The van der Waals surface area contributed by atoms with E-state index in [1.807, 2.05) is 0 Å². The molecule has 0 radical (unpaired) electrons. The number of carbonyl (C=O) groups excluding carboxylic acids is 3. The number of amides is 2. The molecule has 0 aromatic heterocycles. The molecule has 0 saturated carbocycles. The van der Waals surface area contributed by atoms with E-state index in [9.17, 15) is 19.2 Å². The average molecular weight is 332 g/mol. The average Bonchev–Trinajstić information content (AvgIpc) is 2.79. The maximum Gasteiger partial charge on any atom is 0.363 e. The molecule has 10 heteroatoms. The minimum Gasteiger partial charge on any atom is -0.480 e. The smallest absolute Gasteiger partial charge is 0.363 e. The molecule has 2 aliphatic rings. The van der Waals surface area contributed by atoms with Gasteiger partial charge in [-0.25, -0.2) is 15.0 Å². The number of hydroxylamine groups is 2. The van der Waals surface area contributed by atoms with E-state index in [1.165, 1.54) is 18.2 Å². The molecule has 0 bridgehead atoms. The standard InChI is InChI=1S/C12H13N3O6.ClH/c13-14-12(11(19)20)5-3-7(4-6-12)10(18)21-15-8(16)1-2-9(15)17;/h3-5,14H,1-2,6,13H2,(H,19,20);1H. The van der Waals surface area contributed by atoms with Crippen LogP contribution in [0.15, 0.2) is 23.8 Å². The van der Waals surface area contributed by atoms with E-state index in [1.54, 1.807) is 0 Å². The number of carboxylic acids is 1. The summed E-state index contributed by atoms with van der Waals surface area (Å²) in [6, 6.07) is 0. The molecule has 4 N–H and O–H groups in total. The second-order valence-electron chi connectivity index (χ2n) is 4.58. The summed E-state index contributed by atoms with van der Waals surface area (Å²) >= 11 is 0. The van der Waals surface area contributed by atoms with Crippen LogP contribution in [0.4, 0.5) is 0 Å². The first-order valence-electron chi connectivity index (χ1n) is 6.08. The quantitative estimate of drug-likeness (QED) is 0.345. The fourth-order valence-electron chi connectivity index (χ4n) is 1.91. The summed E-state index contributed by atoms with van der Waals surface area (Å²) in [7, 11) is 0. The molecule has 1 aliphatic carbocycles. The van der Waals surface area contributed by atoms with Crippen LogP contribution in [-0.2, 0) is 24.0 Å². The van der Waals surface area contributed by atoms with Crippen LogP contribution in [0.25, 0.3) is 0 Å². The van der Waals surface area contributed by atoms with Crippen molar-refractivity contribution in [2.75, 3.05) is 0 Å². The number of hydrogen-bond donors (Lipinski definition) is 3. The highest BCUT2D eigenvalue weighted by Gasteiger charge is 2.37. The Morgan fingerprint density at radius 3 is 2.32 bits per heavy atom. The number of hydrogen-bond acceptors (Lipinski definition) is 7. The van der Waals surface area contributed by atoms with Gasteiger partial charge in [0.25, 0.3) is 11.8 Å². The second kappa shape index (κ2) is 6.69. The zero-order chi connectivity index (χ0) is 15.6. The van der Waals surface area contributed by atoms with Crippen LogP contribution in [0.1, 0.15) is 19.3 Å². The summed E-state index contributed by atoms with van der Waals surface area (Å²) < 4.78 is 0. The Labute approximate surface area is 131 Å². The molecule has 22 heavy (non-hydrogen) atoms. The first-order valence-corrected chi connectivity index (χ1v) is 6.08. The number of rotatable bonds is 4. The number of carbonyl (C=O) groups is 4. The van der Waals surface area contributed by atoms with Crippen LogP contribution in [0, 0.1) is 0 Å². The predicted molar refractivity (Wildman–Crippen MR) is 74.0 cm³/mol. The fraction of sp³-hybridized carbons (Fsp3) is 0.333. The van der Waals surface area contributed by atoms with Crippen molar-refractivity contribution < 1.29 is 29.1 Å². The van der Waals surface area contributed by atoms with Crippen molar-refractivity contribution in [2.24, 2.45) is 5.84 Å². The number of halogens is 1. The van der Waals surface area contributed by atoms with Gasteiger partial charge < -0.3 is 9.94 Å². The highest BCUT2D eigenvalue weighted by atomic mass is 35.5. The van der Waals surface area contributed by atoms with Gasteiger partial charge in [-0.05, 0) is 6.08 Å². The van der Waals surface area contributed by atoms with Crippen molar-refractivity contribution in [3.05, 3.63) is 23.8 Å². The molecule has 1 atom stereocenters. The zero-order valence-electron chi connectivity index (χ0n) is 11.3. The van der Waals surface area contributed by atoms with E-state index in [2.05, 4.69) is 5.43 Å². The van der Waals surface area contributed by atoms with E-state index in [-0.39, 0.29) is 37.2 Å². The number of nitrogens with zero attached hydrogens (tertiary/aromatic N) is 1. The normalized spacial score (nSPS) is 23.9. The first-order chi connectivity index (χ1) is 9.89. The van der Waals surface area contributed by atoms with Gasteiger partial charge in [-0.15, -0.1) is 17.5 Å². The summed E-state index contributed by atoms with van der Waals surface area (Å²) in [5.41, 5.74) is 0.702. The van der Waals surface area contributed by atoms with Gasteiger partial charge in [0.15, 0.2) is 5.54 Å². The topological polar surface area (TPSA) is 139 Å². The van der Waals surface area contributed by atoms with Gasteiger partial charge in [0.2, 0.25) is 0 Å². The lowest BCUT2D eigenvalue weighted by Gasteiger charge is -2.26. The van der Waals surface area contributed by atoms with Gasteiger partial charge in [0, 0.05) is 19.3 Å². The van der Waals surface area contributed by atoms with Crippen molar-refractivity contribution in [3.63, 3.8) is 0 Å². The largest absolute Gasteiger partial charge is 0.480 e. The van der Waals surface area contributed by atoms with Gasteiger partial charge in [0.1, 0.15) is 0 Å². The lowest BCUT2D eigenvalue weighted by atomic mass is 9.89. The molecule has 0 spiro atoms. The third-order valence-corrected chi connectivity index (χ3v) is 3.25. The van der Waals surface area contributed by atoms with Crippen LogP contribution in [0.5, 0.6) is 0 Å². The van der Waals surface area contributed by atoms with E-state index in [0.717, 1.165) is 0 Å².